The number of aryl methyl sites for hydroxylation is 1. The maximum atomic E-state index is 12.0. The number of nitrogens with one attached hydrogen (secondary N) is 2. The summed E-state index contributed by atoms with van der Waals surface area (Å²) in [6.07, 6.45) is 1.34. The molecule has 0 fully saturated rings. The number of fused-ring (bicyclic) bond motifs is 1. The van der Waals surface area contributed by atoms with Gasteiger partial charge in [0.1, 0.15) is 0 Å². The summed E-state index contributed by atoms with van der Waals surface area (Å²) in [6.45, 7) is 3.87. The largest absolute Gasteiger partial charge is 0.311 e. The number of nitrogens with zero attached hydrogens (tertiary/aromatic N) is 1. The Kier molecular flexibility index (Phi) is 3.80. The fourth-order valence-electron chi connectivity index (χ4n) is 2.23. The minimum absolute atomic E-state index is 0.00657. The van der Waals surface area contributed by atoms with E-state index in [1.54, 1.807) is 11.3 Å². The molecule has 4 nitrogen and oxygen atoms in total. The monoisotopic (exact) mass is 287 g/mol. The number of amides is 1. The average molecular weight is 287 g/mol. The molecule has 1 aromatic carbocycles. The number of anilines is 1. The number of carbonyl (C=O) groups is 1. The van der Waals surface area contributed by atoms with Crippen LogP contribution < -0.4 is 10.6 Å². The quantitative estimate of drug-likeness (QED) is 0.910. The Morgan fingerprint density at radius 2 is 2.20 bits per heavy atom. The Morgan fingerprint density at radius 1 is 1.40 bits per heavy atom. The van der Waals surface area contributed by atoms with Gasteiger partial charge in [0.25, 0.3) is 0 Å². The Morgan fingerprint density at radius 3 is 2.95 bits per heavy atom. The zero-order valence-electron chi connectivity index (χ0n) is 11.4. The van der Waals surface area contributed by atoms with Crippen molar-refractivity contribution in [1.29, 1.82) is 0 Å². The van der Waals surface area contributed by atoms with Gasteiger partial charge in [-0.2, -0.15) is 0 Å². The van der Waals surface area contributed by atoms with Gasteiger partial charge in [0.05, 0.1) is 12.1 Å². The Balaban J connectivity index is 1.63. The van der Waals surface area contributed by atoms with Crippen LogP contribution in [0, 0.1) is 6.92 Å². The van der Waals surface area contributed by atoms with E-state index < -0.39 is 0 Å². The lowest BCUT2D eigenvalue weighted by molar-refractivity contribution is -0.115. The Hall–Kier alpha value is -1.72. The van der Waals surface area contributed by atoms with E-state index in [9.17, 15) is 4.79 Å². The van der Waals surface area contributed by atoms with Gasteiger partial charge in [-0.15, -0.1) is 11.3 Å². The van der Waals surface area contributed by atoms with Crippen molar-refractivity contribution in [2.75, 3.05) is 11.9 Å². The van der Waals surface area contributed by atoms with Crippen LogP contribution in [0.15, 0.2) is 24.3 Å². The third-order valence-corrected chi connectivity index (χ3v) is 4.35. The van der Waals surface area contributed by atoms with Crippen LogP contribution in [0.3, 0.4) is 0 Å². The van der Waals surface area contributed by atoms with E-state index in [1.807, 2.05) is 31.2 Å². The molecule has 0 saturated heterocycles. The highest BCUT2D eigenvalue weighted by Gasteiger charge is 2.15. The van der Waals surface area contributed by atoms with E-state index in [0.29, 0.717) is 6.42 Å². The molecule has 104 valence electrons. The van der Waals surface area contributed by atoms with E-state index in [1.165, 1.54) is 10.4 Å². The molecular weight excluding hydrogens is 270 g/mol. The summed E-state index contributed by atoms with van der Waals surface area (Å²) in [5.41, 5.74) is 3.35. The predicted octanol–water partition coefficient (Wildman–Crippen LogP) is 2.28. The number of rotatable bonds is 3. The van der Waals surface area contributed by atoms with Gasteiger partial charge in [0, 0.05) is 24.4 Å². The molecule has 1 aromatic heterocycles. The average Bonchev–Trinajstić information content (AvgIpc) is 2.83. The fourth-order valence-corrected chi connectivity index (χ4v) is 3.23. The molecule has 0 bridgehead atoms. The van der Waals surface area contributed by atoms with Crippen molar-refractivity contribution in [2.24, 2.45) is 0 Å². The van der Waals surface area contributed by atoms with Crippen molar-refractivity contribution in [3.05, 3.63) is 46.0 Å². The molecule has 2 aromatic rings. The highest BCUT2D eigenvalue weighted by atomic mass is 32.1. The van der Waals surface area contributed by atoms with Crippen molar-refractivity contribution in [3.8, 4) is 0 Å². The zero-order chi connectivity index (χ0) is 13.9. The summed E-state index contributed by atoms with van der Waals surface area (Å²) in [7, 11) is 0. The smallest absolute Gasteiger partial charge is 0.230 e. The molecule has 3 rings (SSSR count). The van der Waals surface area contributed by atoms with Gasteiger partial charge >= 0.3 is 0 Å². The molecule has 0 unspecified atom stereocenters. The van der Waals surface area contributed by atoms with Gasteiger partial charge in [0.2, 0.25) is 5.91 Å². The van der Waals surface area contributed by atoms with Crippen molar-refractivity contribution >= 4 is 22.4 Å². The minimum atomic E-state index is -0.00657. The van der Waals surface area contributed by atoms with Crippen LogP contribution in [0.4, 0.5) is 5.13 Å². The highest BCUT2D eigenvalue weighted by molar-refractivity contribution is 7.15. The summed E-state index contributed by atoms with van der Waals surface area (Å²) in [5, 5.41) is 6.93. The first kappa shape index (κ1) is 13.3. The fraction of sp³-hybridized carbons (Fsp3) is 0.333. The molecule has 1 amide bonds. The molecular formula is C15H17N3OS. The van der Waals surface area contributed by atoms with E-state index in [-0.39, 0.29) is 5.91 Å². The minimum Gasteiger partial charge on any atom is -0.311 e. The van der Waals surface area contributed by atoms with Crippen LogP contribution >= 0.6 is 11.3 Å². The van der Waals surface area contributed by atoms with Gasteiger partial charge < -0.3 is 10.6 Å². The molecule has 20 heavy (non-hydrogen) atoms. The van der Waals surface area contributed by atoms with E-state index in [4.69, 9.17) is 0 Å². The lowest BCUT2D eigenvalue weighted by atomic mass is 10.1. The highest BCUT2D eigenvalue weighted by Crippen LogP contribution is 2.25. The molecule has 0 spiro atoms. The number of hydrogen-bond acceptors (Lipinski definition) is 4. The van der Waals surface area contributed by atoms with Gasteiger partial charge in [-0.25, -0.2) is 4.98 Å². The second-order valence-electron chi connectivity index (χ2n) is 5.03. The molecule has 0 saturated carbocycles. The summed E-state index contributed by atoms with van der Waals surface area (Å²) in [4.78, 5) is 17.8. The Bertz CT molecular complexity index is 595. The van der Waals surface area contributed by atoms with E-state index >= 15 is 0 Å². The standard InChI is InChI=1S/C15H17N3OS/c1-10-2-4-11(5-3-10)8-14(19)18-15-17-12-6-7-16-9-13(12)20-15/h2-5,16H,6-9H2,1H3,(H,17,18,19). The molecule has 0 atom stereocenters. The first-order chi connectivity index (χ1) is 9.70. The molecule has 2 N–H and O–H groups in total. The first-order valence-electron chi connectivity index (χ1n) is 6.75. The molecule has 5 heteroatoms. The summed E-state index contributed by atoms with van der Waals surface area (Å²) in [5.74, 6) is -0.00657. The molecule has 0 aliphatic carbocycles. The van der Waals surface area contributed by atoms with Crippen LogP contribution in [0.2, 0.25) is 0 Å². The van der Waals surface area contributed by atoms with Crippen molar-refractivity contribution in [3.63, 3.8) is 0 Å². The molecule has 2 heterocycles. The second-order valence-corrected chi connectivity index (χ2v) is 6.11. The number of carbonyl (C=O) groups excluding carboxylic acids is 1. The van der Waals surface area contributed by atoms with Crippen LogP contribution in [0.1, 0.15) is 21.7 Å². The Labute approximate surface area is 122 Å². The topological polar surface area (TPSA) is 54.0 Å². The molecule has 1 aliphatic rings. The number of thiazole rings is 1. The van der Waals surface area contributed by atoms with Gasteiger partial charge in [-0.3, -0.25) is 4.79 Å². The van der Waals surface area contributed by atoms with Crippen molar-refractivity contribution < 1.29 is 4.79 Å². The molecule has 0 radical (unpaired) electrons. The second kappa shape index (κ2) is 5.73. The third kappa shape index (κ3) is 3.05. The number of aromatic nitrogens is 1. The normalized spacial score (nSPS) is 13.8. The SMILES string of the molecule is Cc1ccc(CC(=O)Nc2nc3c(s2)CNCC3)cc1. The maximum Gasteiger partial charge on any atom is 0.230 e. The summed E-state index contributed by atoms with van der Waals surface area (Å²) >= 11 is 1.57. The summed E-state index contributed by atoms with van der Waals surface area (Å²) < 4.78 is 0. The number of benzene rings is 1. The van der Waals surface area contributed by atoms with Crippen LogP contribution in [-0.2, 0) is 24.2 Å². The van der Waals surface area contributed by atoms with Gasteiger partial charge in [0.15, 0.2) is 5.13 Å². The molecule has 1 aliphatic heterocycles. The van der Waals surface area contributed by atoms with Crippen molar-refractivity contribution in [1.82, 2.24) is 10.3 Å². The van der Waals surface area contributed by atoms with Gasteiger partial charge in [-0.05, 0) is 12.5 Å². The number of hydrogen-bond donors (Lipinski definition) is 2. The first-order valence-corrected chi connectivity index (χ1v) is 7.57. The van der Waals surface area contributed by atoms with Crippen LogP contribution in [0.25, 0.3) is 0 Å². The lowest BCUT2D eigenvalue weighted by Gasteiger charge is -2.09. The maximum absolute atomic E-state index is 12.0. The third-order valence-electron chi connectivity index (χ3n) is 3.33. The van der Waals surface area contributed by atoms with Gasteiger partial charge in [-0.1, -0.05) is 29.8 Å². The predicted molar refractivity (Wildman–Crippen MR) is 81.0 cm³/mol. The van der Waals surface area contributed by atoms with E-state index in [2.05, 4.69) is 15.6 Å². The zero-order valence-corrected chi connectivity index (χ0v) is 12.2. The van der Waals surface area contributed by atoms with Crippen LogP contribution in [-0.4, -0.2) is 17.4 Å². The van der Waals surface area contributed by atoms with Crippen molar-refractivity contribution in [2.45, 2.75) is 26.3 Å². The lowest BCUT2D eigenvalue weighted by Crippen LogP contribution is -2.22. The summed E-state index contributed by atoms with van der Waals surface area (Å²) in [6, 6.07) is 8.03. The van der Waals surface area contributed by atoms with E-state index in [0.717, 1.165) is 35.9 Å². The van der Waals surface area contributed by atoms with Crippen LogP contribution in [0.5, 0.6) is 0 Å².